The molecular formula is C20H21FN2O7S. The fraction of sp³-hybridized carbons (Fsp3) is 0.300. The van der Waals surface area contributed by atoms with Crippen molar-refractivity contribution in [2.45, 2.75) is 28.8 Å². The number of amides is 2. The number of carboxylic acids is 1. The molecule has 2 unspecified atom stereocenters. The lowest BCUT2D eigenvalue weighted by atomic mass is 9.92. The normalized spacial score (nSPS) is 21.5. The van der Waals surface area contributed by atoms with Gasteiger partial charge in [-0.05, 0) is 36.8 Å². The lowest BCUT2D eigenvalue weighted by Gasteiger charge is -2.40. The van der Waals surface area contributed by atoms with Gasteiger partial charge in [0.05, 0.1) is 11.4 Å². The highest BCUT2D eigenvalue weighted by molar-refractivity contribution is 7.92. The van der Waals surface area contributed by atoms with E-state index in [2.05, 4.69) is 0 Å². The predicted octanol–water partition coefficient (Wildman–Crippen LogP) is 1.15. The Bertz CT molecular complexity index is 1090. The zero-order valence-electron chi connectivity index (χ0n) is 16.3. The molecular weight excluding hydrogens is 431 g/mol. The van der Waals surface area contributed by atoms with Crippen LogP contribution in [0, 0.1) is 5.82 Å². The summed E-state index contributed by atoms with van der Waals surface area (Å²) in [4.78, 5) is 23.7. The monoisotopic (exact) mass is 452 g/mol. The first-order valence-electron chi connectivity index (χ1n) is 9.26. The molecule has 1 saturated heterocycles. The standard InChI is InChI=1S/C20H21FN2O7S/c21-16-4-2-1-3-13(16)11-30-14-5-7-15(8-6-14)31(28,29)17-9-10-23(19(22)26)12-20(17,27)18(24)25/h1-8,17,27H,9-12H2,(H2,22,26)(H,24,25). The van der Waals surface area contributed by atoms with Crippen LogP contribution < -0.4 is 10.5 Å². The van der Waals surface area contributed by atoms with Crippen LogP contribution >= 0.6 is 0 Å². The number of aliphatic hydroxyl groups is 1. The largest absolute Gasteiger partial charge is 0.489 e. The third kappa shape index (κ3) is 4.47. The summed E-state index contributed by atoms with van der Waals surface area (Å²) >= 11 is 0. The van der Waals surface area contributed by atoms with Crippen LogP contribution in [-0.4, -0.2) is 59.5 Å². The van der Waals surface area contributed by atoms with Crippen LogP contribution in [0.4, 0.5) is 9.18 Å². The number of carbonyl (C=O) groups is 2. The van der Waals surface area contributed by atoms with Gasteiger partial charge in [-0.1, -0.05) is 18.2 Å². The van der Waals surface area contributed by atoms with E-state index in [1.165, 1.54) is 30.3 Å². The molecule has 0 aromatic heterocycles. The molecule has 3 rings (SSSR count). The minimum atomic E-state index is -4.28. The summed E-state index contributed by atoms with van der Waals surface area (Å²) in [5, 5.41) is 18.4. The number of hydrogen-bond acceptors (Lipinski definition) is 6. The number of halogens is 1. The number of β-amino-alcohol motifs (C(OH)–C–C–N with tert-alkyl or cyclic N) is 1. The number of carbonyl (C=O) groups excluding carboxylic acids is 1. The van der Waals surface area contributed by atoms with E-state index >= 15 is 0 Å². The molecule has 1 aliphatic rings. The Morgan fingerprint density at radius 2 is 1.84 bits per heavy atom. The van der Waals surface area contributed by atoms with Crippen molar-refractivity contribution >= 4 is 21.8 Å². The second-order valence-corrected chi connectivity index (χ2v) is 9.29. The summed E-state index contributed by atoms with van der Waals surface area (Å²) in [5.74, 6) is -1.92. The van der Waals surface area contributed by atoms with Gasteiger partial charge in [-0.3, -0.25) is 0 Å². The van der Waals surface area contributed by atoms with Crippen LogP contribution in [0.1, 0.15) is 12.0 Å². The third-order valence-corrected chi connectivity index (χ3v) is 7.49. The van der Waals surface area contributed by atoms with Crippen molar-refractivity contribution in [2.75, 3.05) is 13.1 Å². The SMILES string of the molecule is NC(=O)N1CCC(S(=O)(=O)c2ccc(OCc3ccccc3F)cc2)C(O)(C(=O)O)C1. The van der Waals surface area contributed by atoms with Crippen molar-refractivity contribution < 1.29 is 37.3 Å². The molecule has 2 aromatic carbocycles. The molecule has 0 saturated carbocycles. The second kappa shape index (κ2) is 8.52. The fourth-order valence-corrected chi connectivity index (χ4v) is 5.40. The van der Waals surface area contributed by atoms with E-state index in [0.717, 1.165) is 4.90 Å². The highest BCUT2D eigenvalue weighted by atomic mass is 32.2. The Hall–Kier alpha value is -3.18. The number of carboxylic acid groups (broad SMARTS) is 1. The molecule has 0 bridgehead atoms. The highest BCUT2D eigenvalue weighted by Crippen LogP contribution is 2.33. The predicted molar refractivity (Wildman–Crippen MR) is 107 cm³/mol. The first-order valence-corrected chi connectivity index (χ1v) is 10.8. The van der Waals surface area contributed by atoms with Crippen LogP contribution in [0.5, 0.6) is 5.75 Å². The molecule has 2 amide bonds. The van der Waals surface area contributed by atoms with Crippen molar-refractivity contribution in [3.05, 3.63) is 59.9 Å². The molecule has 1 fully saturated rings. The lowest BCUT2D eigenvalue weighted by Crippen LogP contribution is -2.65. The summed E-state index contributed by atoms with van der Waals surface area (Å²) in [5.41, 5.74) is 2.76. The summed E-state index contributed by atoms with van der Waals surface area (Å²) in [6.45, 7) is -0.923. The van der Waals surface area contributed by atoms with E-state index in [0.29, 0.717) is 5.56 Å². The average molecular weight is 452 g/mol. The molecule has 0 spiro atoms. The van der Waals surface area contributed by atoms with E-state index in [1.807, 2.05) is 0 Å². The van der Waals surface area contributed by atoms with Crippen LogP contribution in [0.3, 0.4) is 0 Å². The summed E-state index contributed by atoms with van der Waals surface area (Å²) in [7, 11) is -4.28. The Morgan fingerprint density at radius 3 is 2.42 bits per heavy atom. The maximum atomic E-state index is 13.7. The molecule has 4 N–H and O–H groups in total. The van der Waals surface area contributed by atoms with Gasteiger partial charge >= 0.3 is 12.0 Å². The van der Waals surface area contributed by atoms with Crippen molar-refractivity contribution in [1.82, 2.24) is 4.90 Å². The Balaban J connectivity index is 1.80. The Labute approximate surface area is 177 Å². The molecule has 2 aromatic rings. The topological polar surface area (TPSA) is 147 Å². The zero-order valence-corrected chi connectivity index (χ0v) is 17.1. The van der Waals surface area contributed by atoms with Gasteiger partial charge in [-0.2, -0.15) is 0 Å². The molecule has 0 aliphatic carbocycles. The number of sulfone groups is 1. The van der Waals surface area contributed by atoms with E-state index in [1.54, 1.807) is 18.2 Å². The molecule has 11 heteroatoms. The average Bonchev–Trinajstić information content (AvgIpc) is 2.73. The van der Waals surface area contributed by atoms with E-state index in [-0.39, 0.29) is 30.2 Å². The molecule has 9 nitrogen and oxygen atoms in total. The molecule has 166 valence electrons. The maximum absolute atomic E-state index is 13.7. The van der Waals surface area contributed by atoms with Crippen LogP contribution in [0.15, 0.2) is 53.4 Å². The smallest absolute Gasteiger partial charge is 0.338 e. The van der Waals surface area contributed by atoms with Gasteiger partial charge in [0.25, 0.3) is 0 Å². The highest BCUT2D eigenvalue weighted by Gasteiger charge is 2.55. The van der Waals surface area contributed by atoms with Crippen molar-refractivity contribution in [3.8, 4) is 5.75 Å². The summed E-state index contributed by atoms with van der Waals surface area (Å²) in [6, 6.07) is 10.2. The van der Waals surface area contributed by atoms with Gasteiger partial charge in [0.2, 0.25) is 0 Å². The maximum Gasteiger partial charge on any atom is 0.338 e. The molecule has 1 aliphatic heterocycles. The number of benzene rings is 2. The lowest BCUT2D eigenvalue weighted by molar-refractivity contribution is -0.162. The number of nitrogens with zero attached hydrogens (tertiary/aromatic N) is 1. The second-order valence-electron chi connectivity index (χ2n) is 7.16. The molecule has 2 atom stereocenters. The minimum absolute atomic E-state index is 0.0664. The Kier molecular flexibility index (Phi) is 6.18. The fourth-order valence-electron chi connectivity index (χ4n) is 3.46. The van der Waals surface area contributed by atoms with E-state index in [4.69, 9.17) is 10.5 Å². The van der Waals surface area contributed by atoms with Crippen molar-refractivity contribution in [1.29, 1.82) is 0 Å². The minimum Gasteiger partial charge on any atom is -0.489 e. The molecule has 31 heavy (non-hydrogen) atoms. The van der Waals surface area contributed by atoms with Crippen LogP contribution in [0.25, 0.3) is 0 Å². The van der Waals surface area contributed by atoms with Gasteiger partial charge in [0.15, 0.2) is 15.4 Å². The van der Waals surface area contributed by atoms with Gasteiger partial charge < -0.3 is 25.6 Å². The number of hydrogen-bond donors (Lipinski definition) is 3. The third-order valence-electron chi connectivity index (χ3n) is 5.19. The first kappa shape index (κ1) is 22.5. The quantitative estimate of drug-likeness (QED) is 0.595. The summed E-state index contributed by atoms with van der Waals surface area (Å²) in [6.07, 6.45) is -0.306. The van der Waals surface area contributed by atoms with Gasteiger partial charge in [0, 0.05) is 12.1 Å². The molecule has 1 heterocycles. The number of piperidine rings is 1. The first-order chi connectivity index (χ1) is 14.6. The van der Waals surface area contributed by atoms with Gasteiger partial charge in [0.1, 0.15) is 23.4 Å². The van der Waals surface area contributed by atoms with E-state index in [9.17, 15) is 32.6 Å². The number of nitrogens with two attached hydrogens (primary N) is 1. The van der Waals surface area contributed by atoms with Crippen LogP contribution in [-0.2, 0) is 21.2 Å². The van der Waals surface area contributed by atoms with Crippen molar-refractivity contribution in [3.63, 3.8) is 0 Å². The van der Waals surface area contributed by atoms with Gasteiger partial charge in [-0.15, -0.1) is 0 Å². The van der Waals surface area contributed by atoms with Gasteiger partial charge in [-0.25, -0.2) is 22.4 Å². The number of urea groups is 1. The number of ether oxygens (including phenoxy) is 1. The van der Waals surface area contributed by atoms with E-state index < -0.39 is 45.1 Å². The number of aliphatic carboxylic acids is 1. The van der Waals surface area contributed by atoms with Crippen molar-refractivity contribution in [2.24, 2.45) is 5.73 Å². The summed E-state index contributed by atoms with van der Waals surface area (Å²) < 4.78 is 45.3. The molecule has 0 radical (unpaired) electrons. The number of likely N-dealkylation sites (tertiary alicyclic amines) is 1. The number of primary amides is 1. The number of rotatable bonds is 6. The zero-order chi connectivity index (χ0) is 22.8. The Morgan fingerprint density at radius 1 is 1.19 bits per heavy atom. The van der Waals surface area contributed by atoms with Crippen LogP contribution in [0.2, 0.25) is 0 Å².